The third-order valence-electron chi connectivity index (χ3n) is 3.82. The third-order valence-corrected chi connectivity index (χ3v) is 5.86. The molecule has 20 heavy (non-hydrogen) atoms. The van der Waals surface area contributed by atoms with Crippen molar-refractivity contribution in [1.29, 1.82) is 0 Å². The number of rotatable bonds is 3. The molecular weight excluding hydrogens is 276 g/mol. The van der Waals surface area contributed by atoms with Gasteiger partial charge >= 0.3 is 0 Å². The molecule has 0 aliphatic carbocycles. The van der Waals surface area contributed by atoms with Gasteiger partial charge in [0.2, 0.25) is 5.91 Å². The molecule has 6 heteroatoms. The monoisotopic (exact) mass is 296 g/mol. The van der Waals surface area contributed by atoms with Crippen molar-refractivity contribution in [3.8, 4) is 0 Å². The van der Waals surface area contributed by atoms with Crippen molar-refractivity contribution in [2.45, 2.75) is 31.6 Å². The summed E-state index contributed by atoms with van der Waals surface area (Å²) in [6.45, 7) is 4.56. The van der Waals surface area contributed by atoms with E-state index >= 15 is 0 Å². The highest BCUT2D eigenvalue weighted by atomic mass is 32.2. The zero-order valence-electron chi connectivity index (χ0n) is 12.0. The lowest BCUT2D eigenvalue weighted by molar-refractivity contribution is -0.117. The van der Waals surface area contributed by atoms with Crippen molar-refractivity contribution in [3.05, 3.63) is 29.3 Å². The summed E-state index contributed by atoms with van der Waals surface area (Å²) in [5, 5.41) is 5.96. The molecule has 1 heterocycles. The van der Waals surface area contributed by atoms with Crippen molar-refractivity contribution in [3.63, 3.8) is 0 Å². The third kappa shape index (κ3) is 2.86. The second-order valence-electron chi connectivity index (χ2n) is 5.65. The number of carbonyl (C=O) groups is 1. The van der Waals surface area contributed by atoms with E-state index in [-0.39, 0.29) is 0 Å². The Hall–Kier alpha value is -1.40. The number of hydrogen-bond acceptors (Lipinski definition) is 4. The Morgan fingerprint density at radius 1 is 1.30 bits per heavy atom. The largest absolute Gasteiger partial charge is 0.325 e. The van der Waals surface area contributed by atoms with Crippen molar-refractivity contribution in [1.82, 2.24) is 5.32 Å². The molecule has 1 aliphatic heterocycles. The van der Waals surface area contributed by atoms with Gasteiger partial charge in [-0.25, -0.2) is 8.42 Å². The molecule has 1 aromatic carbocycles. The van der Waals surface area contributed by atoms with Crippen molar-refractivity contribution < 1.29 is 13.2 Å². The fourth-order valence-electron chi connectivity index (χ4n) is 2.01. The lowest BCUT2D eigenvalue weighted by atomic mass is 10.0. The van der Waals surface area contributed by atoms with Gasteiger partial charge in [-0.2, -0.15) is 0 Å². The van der Waals surface area contributed by atoms with Crippen molar-refractivity contribution in [2.24, 2.45) is 0 Å². The Balaban J connectivity index is 2.20. The maximum absolute atomic E-state index is 12.1. The number of nitrogens with one attached hydrogen (secondary N) is 2. The summed E-state index contributed by atoms with van der Waals surface area (Å²) in [5.74, 6) is -0.510. The lowest BCUT2D eigenvalue weighted by Gasteiger charge is -2.22. The molecular formula is C14H20N2O3S. The summed E-state index contributed by atoms with van der Waals surface area (Å²) in [7, 11) is -3.46. The smallest absolute Gasteiger partial charge is 0.245 e. The van der Waals surface area contributed by atoms with E-state index in [1.807, 2.05) is 18.2 Å². The molecule has 1 amide bonds. The first-order valence-electron chi connectivity index (χ1n) is 6.55. The molecule has 0 spiro atoms. The molecule has 5 nitrogen and oxygen atoms in total. The number of fused-ring (bicyclic) bond motifs is 1. The average molecular weight is 296 g/mol. The van der Waals surface area contributed by atoms with Crippen LogP contribution in [0, 0.1) is 0 Å². The summed E-state index contributed by atoms with van der Waals surface area (Å²) in [5.41, 5.74) is 3.05. The second kappa shape index (κ2) is 5.18. The minimum atomic E-state index is -3.46. The van der Waals surface area contributed by atoms with Crippen LogP contribution in [-0.4, -0.2) is 31.9 Å². The number of carbonyl (C=O) groups excluding carboxylic acids is 1. The van der Waals surface area contributed by atoms with Crippen LogP contribution < -0.4 is 10.6 Å². The minimum Gasteiger partial charge on any atom is -0.325 e. The summed E-state index contributed by atoms with van der Waals surface area (Å²) >= 11 is 0. The summed E-state index contributed by atoms with van der Waals surface area (Å²) in [6, 6.07) is 5.71. The normalized spacial score (nSPS) is 15.6. The number of amides is 1. The Bertz CT molecular complexity index is 636. The molecule has 1 aliphatic rings. The highest BCUT2D eigenvalue weighted by Crippen LogP contribution is 2.22. The van der Waals surface area contributed by atoms with Gasteiger partial charge in [-0.1, -0.05) is 6.07 Å². The summed E-state index contributed by atoms with van der Waals surface area (Å²) in [4.78, 5) is 12.1. The van der Waals surface area contributed by atoms with Crippen LogP contribution >= 0.6 is 0 Å². The van der Waals surface area contributed by atoms with Gasteiger partial charge in [-0.05, 0) is 50.1 Å². The molecule has 0 radical (unpaired) electrons. The predicted molar refractivity (Wildman–Crippen MR) is 79.4 cm³/mol. The molecule has 0 fully saturated rings. The van der Waals surface area contributed by atoms with E-state index in [0.717, 1.165) is 31.3 Å². The SMILES string of the molecule is CC(C)(C(=O)Nc1ccc2c(c1)CNCC2)S(C)(=O)=O. The fraction of sp³-hybridized carbons (Fsp3) is 0.500. The molecule has 0 saturated carbocycles. The van der Waals surface area contributed by atoms with Gasteiger partial charge in [0.1, 0.15) is 4.75 Å². The molecule has 2 rings (SSSR count). The zero-order valence-corrected chi connectivity index (χ0v) is 12.8. The number of anilines is 1. The second-order valence-corrected chi connectivity index (χ2v) is 8.21. The highest BCUT2D eigenvalue weighted by molar-refractivity contribution is 7.92. The van der Waals surface area contributed by atoms with Crippen molar-refractivity contribution >= 4 is 21.4 Å². The highest BCUT2D eigenvalue weighted by Gasteiger charge is 2.38. The van der Waals surface area contributed by atoms with Gasteiger partial charge in [0.15, 0.2) is 9.84 Å². The molecule has 1 aromatic rings. The average Bonchev–Trinajstić information content (AvgIpc) is 2.37. The lowest BCUT2D eigenvalue weighted by Crippen LogP contribution is -2.43. The Labute approximate surface area is 119 Å². The van der Waals surface area contributed by atoms with Crippen LogP contribution in [0.15, 0.2) is 18.2 Å². The maximum atomic E-state index is 12.1. The van der Waals surface area contributed by atoms with Gasteiger partial charge in [0.25, 0.3) is 0 Å². The van der Waals surface area contributed by atoms with Crippen LogP contribution in [0.25, 0.3) is 0 Å². The van der Waals surface area contributed by atoms with Crippen LogP contribution in [0.3, 0.4) is 0 Å². The Kier molecular flexibility index (Phi) is 3.88. The first kappa shape index (κ1) is 15.0. The first-order valence-corrected chi connectivity index (χ1v) is 8.44. The summed E-state index contributed by atoms with van der Waals surface area (Å²) in [6.07, 6.45) is 2.04. The van der Waals surface area contributed by atoms with Gasteiger partial charge in [-0.3, -0.25) is 4.79 Å². The minimum absolute atomic E-state index is 0.510. The molecule has 110 valence electrons. The molecule has 0 atom stereocenters. The fourth-order valence-corrected chi connectivity index (χ4v) is 2.40. The molecule has 0 saturated heterocycles. The molecule has 2 N–H and O–H groups in total. The van der Waals surface area contributed by atoms with E-state index in [4.69, 9.17) is 0 Å². The van der Waals surface area contributed by atoms with Gasteiger partial charge < -0.3 is 10.6 Å². The van der Waals surface area contributed by atoms with Crippen LogP contribution in [0.5, 0.6) is 0 Å². The van der Waals surface area contributed by atoms with Crippen LogP contribution in [0.2, 0.25) is 0 Å². The van der Waals surface area contributed by atoms with E-state index in [1.165, 1.54) is 19.4 Å². The van der Waals surface area contributed by atoms with Crippen LogP contribution in [0.1, 0.15) is 25.0 Å². The quantitative estimate of drug-likeness (QED) is 0.875. The molecule has 0 bridgehead atoms. The number of sulfone groups is 1. The Morgan fingerprint density at radius 2 is 2.00 bits per heavy atom. The molecule has 0 aromatic heterocycles. The zero-order chi connectivity index (χ0) is 15.0. The topological polar surface area (TPSA) is 75.3 Å². The van der Waals surface area contributed by atoms with Gasteiger partial charge in [0, 0.05) is 18.5 Å². The number of benzene rings is 1. The maximum Gasteiger partial charge on any atom is 0.245 e. The number of hydrogen-bond donors (Lipinski definition) is 2. The Morgan fingerprint density at radius 3 is 2.65 bits per heavy atom. The first-order chi connectivity index (χ1) is 9.22. The van der Waals surface area contributed by atoms with E-state index in [2.05, 4.69) is 10.6 Å². The van der Waals surface area contributed by atoms with E-state index in [1.54, 1.807) is 0 Å². The standard InChI is InChI=1S/C14H20N2O3S/c1-14(2,20(3,18)19)13(17)16-12-5-4-10-6-7-15-9-11(10)8-12/h4-5,8,15H,6-7,9H2,1-3H3,(H,16,17). The summed E-state index contributed by atoms with van der Waals surface area (Å²) < 4.78 is 21.8. The van der Waals surface area contributed by atoms with Crippen molar-refractivity contribution in [2.75, 3.05) is 18.1 Å². The van der Waals surface area contributed by atoms with E-state index in [9.17, 15) is 13.2 Å². The van der Waals surface area contributed by atoms with Crippen LogP contribution in [0.4, 0.5) is 5.69 Å². The molecule has 0 unspecified atom stereocenters. The van der Waals surface area contributed by atoms with E-state index in [0.29, 0.717) is 5.69 Å². The predicted octanol–water partition coefficient (Wildman–Crippen LogP) is 1.09. The van der Waals surface area contributed by atoms with Gasteiger partial charge in [-0.15, -0.1) is 0 Å². The van der Waals surface area contributed by atoms with Crippen LogP contribution in [-0.2, 0) is 27.6 Å². The van der Waals surface area contributed by atoms with E-state index < -0.39 is 20.5 Å². The van der Waals surface area contributed by atoms with Gasteiger partial charge in [0.05, 0.1) is 0 Å².